The van der Waals surface area contributed by atoms with E-state index in [0.29, 0.717) is 34.7 Å². The molecule has 0 aliphatic carbocycles. The van der Waals surface area contributed by atoms with Gasteiger partial charge in [-0.05, 0) is 75.8 Å². The van der Waals surface area contributed by atoms with Crippen LogP contribution in [0.4, 0.5) is 5.69 Å². The molecule has 1 amide bonds. The lowest BCUT2D eigenvalue weighted by Crippen LogP contribution is -2.29. The van der Waals surface area contributed by atoms with Crippen molar-refractivity contribution in [2.75, 3.05) is 13.7 Å². The van der Waals surface area contributed by atoms with Crippen LogP contribution in [0.2, 0.25) is 0 Å². The maximum absolute atomic E-state index is 13.1. The van der Waals surface area contributed by atoms with Crippen LogP contribution in [0.3, 0.4) is 0 Å². The molecule has 1 saturated heterocycles. The smallest absolute Gasteiger partial charge is 0.267 e. The summed E-state index contributed by atoms with van der Waals surface area (Å²) in [6, 6.07) is 23.4. The average Bonchev–Trinajstić information content (AvgIpc) is 3.13. The molecule has 0 spiro atoms. The minimum atomic E-state index is -0.0991. The van der Waals surface area contributed by atoms with Crippen LogP contribution in [0.25, 0.3) is 6.08 Å². The standard InChI is InChI=1S/C27H23IN2O3S/c1-3-14-30-26(31)24(34-27(30)29-21-12-8-5-9-13-21)17-20-15-22(28)25(23(16-20)32-2)33-18-19-10-6-4-7-11-19/h3-13,15-17H,1,14,18H2,2H3/b24-17+,29-27?. The first-order valence-electron chi connectivity index (χ1n) is 10.6. The van der Waals surface area contributed by atoms with E-state index in [4.69, 9.17) is 9.47 Å². The molecule has 7 heteroatoms. The number of halogens is 1. The third-order valence-corrected chi connectivity index (χ3v) is 6.76. The summed E-state index contributed by atoms with van der Waals surface area (Å²) in [6.07, 6.45) is 3.56. The minimum Gasteiger partial charge on any atom is -0.493 e. The summed E-state index contributed by atoms with van der Waals surface area (Å²) in [6.45, 7) is 4.62. The molecule has 0 bridgehead atoms. The van der Waals surface area contributed by atoms with Crippen LogP contribution in [-0.4, -0.2) is 29.6 Å². The van der Waals surface area contributed by atoms with Crippen molar-refractivity contribution >= 4 is 57.2 Å². The molecule has 1 aliphatic rings. The minimum absolute atomic E-state index is 0.0991. The third kappa shape index (κ3) is 5.71. The second kappa shape index (κ2) is 11.4. The first-order chi connectivity index (χ1) is 16.6. The Morgan fingerprint density at radius 2 is 1.79 bits per heavy atom. The summed E-state index contributed by atoms with van der Waals surface area (Å²) in [7, 11) is 1.61. The van der Waals surface area contributed by atoms with Crippen molar-refractivity contribution in [2.45, 2.75) is 6.61 Å². The van der Waals surface area contributed by atoms with Gasteiger partial charge in [-0.3, -0.25) is 9.69 Å². The highest BCUT2D eigenvalue weighted by Crippen LogP contribution is 2.38. The summed E-state index contributed by atoms with van der Waals surface area (Å²) in [5.41, 5.74) is 2.72. The predicted molar refractivity (Wildman–Crippen MR) is 147 cm³/mol. The van der Waals surface area contributed by atoms with Gasteiger partial charge in [-0.15, -0.1) is 6.58 Å². The number of aliphatic imine (C=N–C) groups is 1. The zero-order chi connectivity index (χ0) is 23.9. The fraction of sp³-hybridized carbons (Fsp3) is 0.111. The van der Waals surface area contributed by atoms with Gasteiger partial charge in [-0.1, -0.05) is 54.6 Å². The number of amidine groups is 1. The fourth-order valence-corrected chi connectivity index (χ4v) is 5.13. The first-order valence-corrected chi connectivity index (χ1v) is 12.5. The van der Waals surface area contributed by atoms with E-state index in [1.54, 1.807) is 18.1 Å². The Morgan fingerprint density at radius 1 is 1.09 bits per heavy atom. The van der Waals surface area contributed by atoms with E-state index in [9.17, 15) is 4.79 Å². The molecular formula is C27H23IN2O3S. The lowest BCUT2D eigenvalue weighted by Gasteiger charge is -2.14. The Morgan fingerprint density at radius 3 is 2.47 bits per heavy atom. The van der Waals surface area contributed by atoms with Gasteiger partial charge in [0.15, 0.2) is 16.7 Å². The largest absolute Gasteiger partial charge is 0.493 e. The lowest BCUT2D eigenvalue weighted by atomic mass is 10.1. The van der Waals surface area contributed by atoms with Crippen LogP contribution in [0, 0.1) is 3.57 Å². The number of para-hydroxylation sites is 1. The Balaban J connectivity index is 1.61. The fourth-order valence-electron chi connectivity index (χ4n) is 3.34. The van der Waals surface area contributed by atoms with E-state index in [1.807, 2.05) is 78.9 Å². The number of hydrogen-bond donors (Lipinski definition) is 0. The Labute approximate surface area is 217 Å². The Kier molecular flexibility index (Phi) is 8.08. The van der Waals surface area contributed by atoms with Crippen molar-refractivity contribution in [1.29, 1.82) is 0 Å². The number of nitrogens with zero attached hydrogens (tertiary/aromatic N) is 2. The maximum Gasteiger partial charge on any atom is 0.267 e. The van der Waals surface area contributed by atoms with E-state index in [0.717, 1.165) is 20.4 Å². The number of carbonyl (C=O) groups excluding carboxylic acids is 1. The van der Waals surface area contributed by atoms with Crippen molar-refractivity contribution in [3.05, 3.63) is 105 Å². The summed E-state index contributed by atoms with van der Waals surface area (Å²) in [5, 5.41) is 0.631. The van der Waals surface area contributed by atoms with E-state index < -0.39 is 0 Å². The molecule has 4 rings (SSSR count). The van der Waals surface area contributed by atoms with Gasteiger partial charge in [-0.2, -0.15) is 0 Å². The van der Waals surface area contributed by atoms with Crippen molar-refractivity contribution < 1.29 is 14.3 Å². The number of amides is 1. The van der Waals surface area contributed by atoms with E-state index >= 15 is 0 Å². The zero-order valence-electron chi connectivity index (χ0n) is 18.6. The highest BCUT2D eigenvalue weighted by molar-refractivity contribution is 14.1. The monoisotopic (exact) mass is 582 g/mol. The number of carbonyl (C=O) groups is 1. The van der Waals surface area contributed by atoms with E-state index in [2.05, 4.69) is 34.2 Å². The number of hydrogen-bond acceptors (Lipinski definition) is 5. The quantitative estimate of drug-likeness (QED) is 0.169. The number of thioether (sulfide) groups is 1. The van der Waals surface area contributed by atoms with Gasteiger partial charge in [0.25, 0.3) is 5.91 Å². The molecule has 1 aliphatic heterocycles. The average molecular weight is 582 g/mol. The van der Waals surface area contributed by atoms with Gasteiger partial charge in [0, 0.05) is 6.54 Å². The lowest BCUT2D eigenvalue weighted by molar-refractivity contribution is -0.121. The summed E-state index contributed by atoms with van der Waals surface area (Å²) < 4.78 is 12.6. The summed E-state index contributed by atoms with van der Waals surface area (Å²) in [5.74, 6) is 1.20. The molecule has 34 heavy (non-hydrogen) atoms. The van der Waals surface area contributed by atoms with E-state index in [-0.39, 0.29) is 5.91 Å². The SMILES string of the molecule is C=CCN1C(=O)/C(=C\c2cc(I)c(OCc3ccccc3)c(OC)c2)SC1=Nc1ccccc1. The highest BCUT2D eigenvalue weighted by Gasteiger charge is 2.32. The molecule has 0 unspecified atom stereocenters. The molecule has 0 saturated carbocycles. The maximum atomic E-state index is 13.1. The Hall–Kier alpha value is -3.04. The van der Waals surface area contributed by atoms with Gasteiger partial charge in [-0.25, -0.2) is 4.99 Å². The number of benzene rings is 3. The van der Waals surface area contributed by atoms with Gasteiger partial charge >= 0.3 is 0 Å². The molecule has 1 heterocycles. The van der Waals surface area contributed by atoms with Crippen LogP contribution in [0.1, 0.15) is 11.1 Å². The topological polar surface area (TPSA) is 51.1 Å². The van der Waals surface area contributed by atoms with E-state index in [1.165, 1.54) is 11.8 Å². The summed E-state index contributed by atoms with van der Waals surface area (Å²) in [4.78, 5) is 20.0. The van der Waals surface area contributed by atoms with Crippen LogP contribution in [0.15, 0.2) is 95.3 Å². The van der Waals surface area contributed by atoms with Crippen molar-refractivity contribution in [1.82, 2.24) is 4.90 Å². The first kappa shape index (κ1) is 24.1. The van der Waals surface area contributed by atoms with Crippen LogP contribution in [-0.2, 0) is 11.4 Å². The van der Waals surface area contributed by atoms with Gasteiger partial charge in [0.2, 0.25) is 0 Å². The molecule has 0 atom stereocenters. The molecule has 3 aromatic carbocycles. The van der Waals surface area contributed by atoms with Gasteiger partial charge < -0.3 is 9.47 Å². The van der Waals surface area contributed by atoms with Gasteiger partial charge in [0.05, 0.1) is 21.3 Å². The number of rotatable bonds is 8. The second-order valence-corrected chi connectivity index (χ2v) is 9.52. The molecule has 0 aromatic heterocycles. The predicted octanol–water partition coefficient (Wildman–Crippen LogP) is 6.67. The van der Waals surface area contributed by atoms with Crippen molar-refractivity contribution in [3.63, 3.8) is 0 Å². The molecular weight excluding hydrogens is 559 g/mol. The van der Waals surface area contributed by atoms with Crippen LogP contribution >= 0.6 is 34.4 Å². The third-order valence-electron chi connectivity index (χ3n) is 4.96. The molecule has 0 radical (unpaired) electrons. The Bertz CT molecular complexity index is 1240. The highest BCUT2D eigenvalue weighted by atomic mass is 127. The molecule has 172 valence electrons. The number of methoxy groups -OCH3 is 1. The zero-order valence-corrected chi connectivity index (χ0v) is 21.6. The molecule has 0 N–H and O–H groups in total. The van der Waals surface area contributed by atoms with Gasteiger partial charge in [0.1, 0.15) is 6.61 Å². The van der Waals surface area contributed by atoms with Crippen LogP contribution in [0.5, 0.6) is 11.5 Å². The van der Waals surface area contributed by atoms with Crippen molar-refractivity contribution in [3.8, 4) is 11.5 Å². The van der Waals surface area contributed by atoms with Crippen LogP contribution < -0.4 is 9.47 Å². The molecule has 3 aromatic rings. The normalized spacial score (nSPS) is 15.7. The number of ether oxygens (including phenoxy) is 2. The summed E-state index contributed by atoms with van der Waals surface area (Å²) >= 11 is 3.59. The molecule has 1 fully saturated rings. The second-order valence-electron chi connectivity index (χ2n) is 7.35. The molecule has 5 nitrogen and oxygen atoms in total. The van der Waals surface area contributed by atoms with Crippen molar-refractivity contribution in [2.24, 2.45) is 4.99 Å².